The number of benzene rings is 2. The van der Waals surface area contributed by atoms with Crippen LogP contribution in [0.25, 0.3) is 17.2 Å². The fraction of sp³-hybridized carbons (Fsp3) is 0.433. The van der Waals surface area contributed by atoms with Gasteiger partial charge in [-0.2, -0.15) is 0 Å². The molecular formula is C30H40N4O6S. The Morgan fingerprint density at radius 2 is 1.73 bits per heavy atom. The number of carbonyl (C=O) groups excluding carboxylic acids is 2. The number of carbonyl (C=O) groups is 2. The summed E-state index contributed by atoms with van der Waals surface area (Å²) in [5.41, 5.74) is 2.32. The van der Waals surface area contributed by atoms with Crippen LogP contribution in [-0.4, -0.2) is 68.1 Å². The molecule has 10 nitrogen and oxygen atoms in total. The van der Waals surface area contributed by atoms with Gasteiger partial charge in [-0.05, 0) is 69.0 Å². The molecule has 1 aliphatic rings. The molecule has 3 N–H and O–H groups in total. The lowest BCUT2D eigenvalue weighted by Crippen LogP contribution is -2.38. The Kier molecular flexibility index (Phi) is 10.8. The van der Waals surface area contributed by atoms with Gasteiger partial charge in [-0.25, -0.2) is 22.9 Å². The standard InChI is InChI=1S/C30H40N4O6S/c1-6-14-34(15-7-2)28(36)24-17-23-12-11-22(21-9-8-10-25(18-21)41(38,39)31-13-16-35)19-26(23)32-27(20-24)33-29(37)40-30(3,4)5/h8-12,17-19,31,35H,6-7,13-16,20H2,1-5H3,(H,32,33,37). The van der Waals surface area contributed by atoms with Gasteiger partial charge >= 0.3 is 6.09 Å². The monoisotopic (exact) mass is 584 g/mol. The number of aliphatic hydroxyl groups is 1. The Labute approximate surface area is 242 Å². The van der Waals surface area contributed by atoms with Gasteiger partial charge in [0.2, 0.25) is 15.9 Å². The minimum atomic E-state index is -3.80. The van der Waals surface area contributed by atoms with Crippen LogP contribution in [0.2, 0.25) is 0 Å². The molecule has 2 aromatic carbocycles. The van der Waals surface area contributed by atoms with Crippen molar-refractivity contribution in [2.24, 2.45) is 4.99 Å². The first kappa shape index (κ1) is 32.0. The van der Waals surface area contributed by atoms with E-state index in [1.807, 2.05) is 30.9 Å². The summed E-state index contributed by atoms with van der Waals surface area (Å²) in [6.07, 6.45) is 2.87. The van der Waals surface area contributed by atoms with E-state index in [0.717, 1.165) is 12.8 Å². The van der Waals surface area contributed by atoms with Crippen molar-refractivity contribution in [1.29, 1.82) is 0 Å². The van der Waals surface area contributed by atoms with E-state index in [4.69, 9.17) is 14.8 Å². The molecule has 1 aliphatic heterocycles. The van der Waals surface area contributed by atoms with E-state index >= 15 is 0 Å². The topological polar surface area (TPSA) is 137 Å². The Balaban J connectivity index is 2.06. The molecule has 0 saturated heterocycles. The molecule has 3 rings (SSSR count). The molecule has 41 heavy (non-hydrogen) atoms. The fourth-order valence-electron chi connectivity index (χ4n) is 4.34. The number of rotatable bonds is 10. The van der Waals surface area contributed by atoms with Crippen LogP contribution in [-0.2, 0) is 19.6 Å². The van der Waals surface area contributed by atoms with Gasteiger partial charge < -0.3 is 14.7 Å². The summed E-state index contributed by atoms with van der Waals surface area (Å²) in [5.74, 6) is 0.157. The maximum Gasteiger partial charge on any atom is 0.413 e. The predicted octanol–water partition coefficient (Wildman–Crippen LogP) is 4.61. The van der Waals surface area contributed by atoms with E-state index in [9.17, 15) is 18.0 Å². The van der Waals surface area contributed by atoms with E-state index in [1.54, 1.807) is 51.1 Å². The van der Waals surface area contributed by atoms with Crippen molar-refractivity contribution in [3.8, 4) is 11.1 Å². The van der Waals surface area contributed by atoms with Gasteiger partial charge in [-0.15, -0.1) is 0 Å². The normalized spacial score (nSPS) is 13.4. The summed E-state index contributed by atoms with van der Waals surface area (Å²) in [5, 5.41) is 11.7. The van der Waals surface area contributed by atoms with Gasteiger partial charge in [0.15, 0.2) is 0 Å². The third kappa shape index (κ3) is 8.97. The van der Waals surface area contributed by atoms with Gasteiger partial charge in [-0.1, -0.05) is 38.1 Å². The van der Waals surface area contributed by atoms with Crippen LogP contribution < -0.4 is 10.0 Å². The van der Waals surface area contributed by atoms with Crippen LogP contribution in [0.1, 0.15) is 59.4 Å². The van der Waals surface area contributed by atoms with Gasteiger partial charge in [0.1, 0.15) is 11.4 Å². The smallest absolute Gasteiger partial charge is 0.413 e. The number of hydrogen-bond acceptors (Lipinski definition) is 7. The third-order valence-corrected chi connectivity index (χ3v) is 7.51. The second-order valence-electron chi connectivity index (χ2n) is 10.7. The second kappa shape index (κ2) is 13.9. The first-order valence-corrected chi connectivity index (χ1v) is 15.3. The molecule has 0 fully saturated rings. The van der Waals surface area contributed by atoms with Crippen LogP contribution in [0.5, 0.6) is 0 Å². The molecule has 11 heteroatoms. The second-order valence-corrected chi connectivity index (χ2v) is 12.5. The fourth-order valence-corrected chi connectivity index (χ4v) is 5.41. The Morgan fingerprint density at radius 3 is 2.37 bits per heavy atom. The number of ether oxygens (including phenoxy) is 1. The average Bonchev–Trinajstić information content (AvgIpc) is 3.08. The molecule has 0 unspecified atom stereocenters. The molecule has 0 bridgehead atoms. The van der Waals surface area contributed by atoms with Gasteiger partial charge in [0.25, 0.3) is 0 Å². The van der Waals surface area contributed by atoms with Crippen molar-refractivity contribution in [3.05, 3.63) is 53.6 Å². The Hall–Kier alpha value is -3.54. The largest absolute Gasteiger partial charge is 0.444 e. The first-order chi connectivity index (χ1) is 19.4. The lowest BCUT2D eigenvalue weighted by atomic mass is 10.0. The number of hydrogen-bond donors (Lipinski definition) is 3. The number of nitrogens with one attached hydrogen (secondary N) is 2. The lowest BCUT2D eigenvalue weighted by Gasteiger charge is -2.23. The first-order valence-electron chi connectivity index (χ1n) is 13.8. The number of aliphatic hydroxyl groups excluding tert-OH is 1. The molecule has 0 aromatic heterocycles. The highest BCUT2D eigenvalue weighted by Gasteiger charge is 2.25. The highest BCUT2D eigenvalue weighted by Crippen LogP contribution is 2.33. The van der Waals surface area contributed by atoms with Crippen molar-refractivity contribution in [3.63, 3.8) is 0 Å². The molecule has 2 amide bonds. The highest BCUT2D eigenvalue weighted by atomic mass is 32.2. The minimum absolute atomic E-state index is 0.0638. The number of nitrogens with zero attached hydrogens (tertiary/aromatic N) is 2. The zero-order chi connectivity index (χ0) is 30.2. The quantitative estimate of drug-likeness (QED) is 0.373. The van der Waals surface area contributed by atoms with Crippen molar-refractivity contribution in [1.82, 2.24) is 14.9 Å². The number of fused-ring (bicyclic) bond motifs is 1. The van der Waals surface area contributed by atoms with Crippen molar-refractivity contribution in [2.75, 3.05) is 26.2 Å². The van der Waals surface area contributed by atoms with E-state index in [2.05, 4.69) is 10.0 Å². The van der Waals surface area contributed by atoms with Crippen molar-refractivity contribution in [2.45, 2.75) is 64.4 Å². The zero-order valence-electron chi connectivity index (χ0n) is 24.4. The predicted molar refractivity (Wildman–Crippen MR) is 160 cm³/mol. The maximum absolute atomic E-state index is 13.6. The van der Waals surface area contributed by atoms with Gasteiger partial charge in [-0.3, -0.25) is 10.1 Å². The molecule has 1 heterocycles. The summed E-state index contributed by atoms with van der Waals surface area (Å²) < 4.78 is 33.0. The van der Waals surface area contributed by atoms with Gasteiger partial charge in [0.05, 0.1) is 17.2 Å². The van der Waals surface area contributed by atoms with Crippen molar-refractivity contribution < 1.29 is 27.9 Å². The molecule has 2 aromatic rings. The zero-order valence-corrected chi connectivity index (χ0v) is 25.2. The van der Waals surface area contributed by atoms with Crippen LogP contribution in [0.15, 0.2) is 57.9 Å². The Bertz CT molecular complexity index is 1420. The third-order valence-electron chi connectivity index (χ3n) is 6.05. The Morgan fingerprint density at radius 1 is 1.05 bits per heavy atom. The molecule has 0 saturated carbocycles. The lowest BCUT2D eigenvalue weighted by molar-refractivity contribution is -0.127. The van der Waals surface area contributed by atoms with E-state index in [-0.39, 0.29) is 36.2 Å². The number of alkyl carbamates (subject to hydrolysis) is 1. The minimum Gasteiger partial charge on any atom is -0.444 e. The number of amides is 2. The summed E-state index contributed by atoms with van der Waals surface area (Å²) >= 11 is 0. The average molecular weight is 585 g/mol. The number of amidine groups is 1. The molecular weight excluding hydrogens is 544 g/mol. The van der Waals surface area contributed by atoms with E-state index in [1.165, 1.54) is 6.07 Å². The van der Waals surface area contributed by atoms with Crippen LogP contribution in [0.3, 0.4) is 0 Å². The van der Waals surface area contributed by atoms with E-state index < -0.39 is 21.7 Å². The number of sulfonamides is 1. The molecule has 0 radical (unpaired) electrons. The SMILES string of the molecule is CCCN(CCC)C(=O)C1=Cc2ccc(-c3cccc(S(=O)(=O)NCCO)c3)cc2N=C(NC(=O)OC(C)(C)C)C1. The maximum atomic E-state index is 13.6. The summed E-state index contributed by atoms with van der Waals surface area (Å²) in [6.45, 7) is 10.2. The van der Waals surface area contributed by atoms with E-state index in [0.29, 0.717) is 41.0 Å². The summed E-state index contributed by atoms with van der Waals surface area (Å²) in [4.78, 5) is 32.8. The highest BCUT2D eigenvalue weighted by molar-refractivity contribution is 7.89. The molecule has 0 spiro atoms. The van der Waals surface area contributed by atoms with Crippen LogP contribution in [0.4, 0.5) is 10.5 Å². The number of aliphatic imine (C=N–C) groups is 1. The molecule has 222 valence electrons. The summed E-state index contributed by atoms with van der Waals surface area (Å²) in [6, 6.07) is 11.9. The summed E-state index contributed by atoms with van der Waals surface area (Å²) in [7, 11) is -3.80. The molecule has 0 atom stereocenters. The molecule has 0 aliphatic carbocycles. The van der Waals surface area contributed by atoms with Crippen LogP contribution in [0, 0.1) is 0 Å². The van der Waals surface area contributed by atoms with Gasteiger partial charge in [0, 0.05) is 37.2 Å². The van der Waals surface area contributed by atoms with Crippen LogP contribution >= 0.6 is 0 Å². The van der Waals surface area contributed by atoms with Crippen molar-refractivity contribution >= 4 is 39.6 Å².